The van der Waals surface area contributed by atoms with Crippen LogP contribution in [0.2, 0.25) is 0 Å². The molecule has 0 bridgehead atoms. The van der Waals surface area contributed by atoms with Crippen LogP contribution in [0.25, 0.3) is 11.8 Å². The minimum Gasteiger partial charge on any atom is -0.422 e. The van der Waals surface area contributed by atoms with Crippen LogP contribution in [0.4, 0.5) is 13.2 Å². The van der Waals surface area contributed by atoms with Gasteiger partial charge in [-0.2, -0.15) is 0 Å². The largest absolute Gasteiger partial charge is 0.422 e. The lowest BCUT2D eigenvalue weighted by atomic mass is 10.1. The topological polar surface area (TPSA) is 61.2 Å². The average molecular weight is 476 g/mol. The third kappa shape index (κ3) is 5.22. The summed E-state index contributed by atoms with van der Waals surface area (Å²) in [6.07, 6.45) is 1.39. The summed E-state index contributed by atoms with van der Waals surface area (Å²) in [5.74, 6) is -2.57. The number of aryl methyl sites for hydroxylation is 1. The summed E-state index contributed by atoms with van der Waals surface area (Å²) in [7, 11) is 0. The lowest BCUT2D eigenvalue weighted by Crippen LogP contribution is -2.16. The van der Waals surface area contributed by atoms with Crippen LogP contribution in [0.5, 0.6) is 0 Å². The predicted molar refractivity (Wildman–Crippen MR) is 124 cm³/mol. The van der Waals surface area contributed by atoms with Crippen molar-refractivity contribution in [3.05, 3.63) is 124 Å². The van der Waals surface area contributed by atoms with Gasteiger partial charge in [0.05, 0.1) is 11.3 Å². The smallest absolute Gasteiger partial charge is 0.343 e. The van der Waals surface area contributed by atoms with Crippen LogP contribution in [0.1, 0.15) is 43.5 Å². The van der Waals surface area contributed by atoms with Gasteiger partial charge < -0.3 is 4.74 Å². The standard InChI is InChI=1S/C27H19F3N2O3/c1-16-17(2)32(26(33)19-5-11-22(29)12-6-19)25(31-16)15-24(18-3-9-21(28)10-4-18)35-27(34)20-7-13-23(30)14-8-20/h3-15H,1-2H3/b24-15-. The summed E-state index contributed by atoms with van der Waals surface area (Å²) in [5.41, 5.74) is 1.76. The molecular formula is C27H19F3N2O3. The molecule has 0 N–H and O–H groups in total. The third-order valence-electron chi connectivity index (χ3n) is 5.34. The zero-order valence-electron chi connectivity index (χ0n) is 18.8. The first-order chi connectivity index (χ1) is 16.7. The van der Waals surface area contributed by atoms with Gasteiger partial charge in [0.25, 0.3) is 5.91 Å². The van der Waals surface area contributed by atoms with Crippen molar-refractivity contribution in [3.63, 3.8) is 0 Å². The summed E-state index contributed by atoms with van der Waals surface area (Å²) in [5, 5.41) is 0. The highest BCUT2D eigenvalue weighted by molar-refractivity contribution is 5.99. The monoisotopic (exact) mass is 476 g/mol. The molecule has 0 amide bonds. The predicted octanol–water partition coefficient (Wildman–Crippen LogP) is 5.96. The first-order valence-corrected chi connectivity index (χ1v) is 10.5. The summed E-state index contributed by atoms with van der Waals surface area (Å²) in [6, 6.07) is 15.1. The molecule has 0 aliphatic heterocycles. The Hall–Kier alpha value is -4.46. The van der Waals surface area contributed by atoms with Crippen LogP contribution in [-0.2, 0) is 4.74 Å². The SMILES string of the molecule is Cc1nc(/C=C(\OC(=O)c2ccc(F)cc2)c2ccc(F)cc2)n(C(=O)c2ccc(F)cc2)c1C. The van der Waals surface area contributed by atoms with Gasteiger partial charge in [-0.25, -0.2) is 22.9 Å². The second-order valence-corrected chi connectivity index (χ2v) is 7.70. The van der Waals surface area contributed by atoms with Gasteiger partial charge in [-0.1, -0.05) is 0 Å². The van der Waals surface area contributed by atoms with Crippen molar-refractivity contribution < 1.29 is 27.5 Å². The second-order valence-electron chi connectivity index (χ2n) is 7.70. The number of nitrogens with zero attached hydrogens (tertiary/aromatic N) is 2. The number of hydrogen-bond acceptors (Lipinski definition) is 4. The van der Waals surface area contributed by atoms with E-state index in [9.17, 15) is 22.8 Å². The number of imidazole rings is 1. The minimum absolute atomic E-state index is 0.00233. The van der Waals surface area contributed by atoms with E-state index in [1.54, 1.807) is 13.8 Å². The van der Waals surface area contributed by atoms with Crippen LogP contribution in [-0.4, -0.2) is 21.4 Å². The van der Waals surface area contributed by atoms with E-state index in [4.69, 9.17) is 4.74 Å². The minimum atomic E-state index is -0.781. The van der Waals surface area contributed by atoms with Gasteiger partial charge in [-0.05, 0) is 86.6 Å². The molecule has 4 rings (SSSR count). The van der Waals surface area contributed by atoms with Crippen molar-refractivity contribution in [3.8, 4) is 0 Å². The first-order valence-electron chi connectivity index (χ1n) is 10.5. The Morgan fingerprint density at radius 2 is 1.20 bits per heavy atom. The molecule has 0 atom stereocenters. The fraction of sp³-hybridized carbons (Fsp3) is 0.0741. The molecule has 0 spiro atoms. The van der Waals surface area contributed by atoms with E-state index in [2.05, 4.69) is 4.98 Å². The van der Waals surface area contributed by atoms with E-state index in [0.717, 1.165) is 12.1 Å². The Kier molecular flexibility index (Phi) is 6.64. The summed E-state index contributed by atoms with van der Waals surface area (Å²) in [4.78, 5) is 30.4. The molecular weight excluding hydrogens is 457 g/mol. The van der Waals surface area contributed by atoms with Gasteiger partial charge in [-0.3, -0.25) is 9.36 Å². The summed E-state index contributed by atoms with van der Waals surface area (Å²) >= 11 is 0. The number of halogens is 3. The highest BCUT2D eigenvalue weighted by atomic mass is 19.1. The summed E-state index contributed by atoms with van der Waals surface area (Å²) < 4.78 is 47.0. The lowest BCUT2D eigenvalue weighted by Gasteiger charge is -2.11. The number of carbonyl (C=O) groups excluding carboxylic acids is 2. The Morgan fingerprint density at radius 1 is 0.743 bits per heavy atom. The molecule has 35 heavy (non-hydrogen) atoms. The Bertz CT molecular complexity index is 1420. The number of ether oxygens (including phenoxy) is 1. The molecule has 1 aromatic heterocycles. The van der Waals surface area contributed by atoms with Crippen LogP contribution >= 0.6 is 0 Å². The van der Waals surface area contributed by atoms with E-state index in [1.165, 1.54) is 71.3 Å². The van der Waals surface area contributed by atoms with E-state index in [0.29, 0.717) is 17.0 Å². The molecule has 0 aliphatic carbocycles. The maximum Gasteiger partial charge on any atom is 0.343 e. The molecule has 3 aromatic carbocycles. The number of hydrogen-bond donors (Lipinski definition) is 0. The second kappa shape index (κ2) is 9.80. The number of esters is 1. The summed E-state index contributed by atoms with van der Waals surface area (Å²) in [6.45, 7) is 3.41. The molecule has 1 heterocycles. The fourth-order valence-corrected chi connectivity index (χ4v) is 3.36. The van der Waals surface area contributed by atoms with Crippen LogP contribution in [0.15, 0.2) is 72.8 Å². The van der Waals surface area contributed by atoms with Crippen molar-refractivity contribution in [2.45, 2.75) is 13.8 Å². The van der Waals surface area contributed by atoms with E-state index < -0.39 is 29.3 Å². The van der Waals surface area contributed by atoms with Gasteiger partial charge in [0.1, 0.15) is 29.0 Å². The molecule has 0 saturated carbocycles. The molecule has 4 aromatic rings. The zero-order chi connectivity index (χ0) is 25.1. The Morgan fingerprint density at radius 3 is 1.71 bits per heavy atom. The molecule has 0 saturated heterocycles. The molecule has 0 unspecified atom stereocenters. The van der Waals surface area contributed by atoms with E-state index >= 15 is 0 Å². The lowest BCUT2D eigenvalue weighted by molar-refractivity contribution is 0.0693. The quantitative estimate of drug-likeness (QED) is 0.263. The highest BCUT2D eigenvalue weighted by Gasteiger charge is 2.20. The molecule has 8 heteroatoms. The van der Waals surface area contributed by atoms with Crippen LogP contribution < -0.4 is 0 Å². The molecule has 0 radical (unpaired) electrons. The Labute approximate surface area is 199 Å². The number of rotatable bonds is 5. The average Bonchev–Trinajstić information content (AvgIpc) is 3.12. The third-order valence-corrected chi connectivity index (χ3v) is 5.34. The van der Waals surface area contributed by atoms with Crippen molar-refractivity contribution >= 4 is 23.7 Å². The first kappa shape index (κ1) is 23.7. The van der Waals surface area contributed by atoms with Crippen molar-refractivity contribution in [1.29, 1.82) is 0 Å². The maximum absolute atomic E-state index is 13.5. The normalized spacial score (nSPS) is 11.4. The van der Waals surface area contributed by atoms with Crippen LogP contribution in [0.3, 0.4) is 0 Å². The fourth-order valence-electron chi connectivity index (χ4n) is 3.36. The van der Waals surface area contributed by atoms with Crippen molar-refractivity contribution in [2.24, 2.45) is 0 Å². The van der Waals surface area contributed by atoms with E-state index in [1.807, 2.05) is 0 Å². The van der Waals surface area contributed by atoms with Crippen LogP contribution in [0, 0.1) is 31.3 Å². The Balaban J connectivity index is 1.79. The van der Waals surface area contributed by atoms with E-state index in [-0.39, 0.29) is 22.7 Å². The van der Waals surface area contributed by atoms with Gasteiger partial charge in [0.2, 0.25) is 0 Å². The van der Waals surface area contributed by atoms with Gasteiger partial charge >= 0.3 is 5.97 Å². The molecule has 0 aliphatic rings. The number of aromatic nitrogens is 2. The van der Waals surface area contributed by atoms with Crippen molar-refractivity contribution in [1.82, 2.24) is 9.55 Å². The molecule has 5 nitrogen and oxygen atoms in total. The number of carbonyl (C=O) groups is 2. The van der Waals surface area contributed by atoms with Gasteiger partial charge in [0, 0.05) is 22.9 Å². The molecule has 176 valence electrons. The highest BCUT2D eigenvalue weighted by Crippen LogP contribution is 2.24. The molecule has 0 fully saturated rings. The van der Waals surface area contributed by atoms with Gasteiger partial charge in [0.15, 0.2) is 0 Å². The number of benzene rings is 3. The zero-order valence-corrected chi connectivity index (χ0v) is 18.8. The van der Waals surface area contributed by atoms with Crippen molar-refractivity contribution in [2.75, 3.05) is 0 Å². The van der Waals surface area contributed by atoms with Gasteiger partial charge in [-0.15, -0.1) is 0 Å². The maximum atomic E-state index is 13.5.